The summed E-state index contributed by atoms with van der Waals surface area (Å²) in [6, 6.07) is 0. The van der Waals surface area contributed by atoms with Crippen molar-refractivity contribution in [3.63, 3.8) is 0 Å². The lowest BCUT2D eigenvalue weighted by atomic mass is 9.97. The molecule has 0 radical (unpaired) electrons. The second-order valence-corrected chi connectivity index (χ2v) is 2.45. The molecule has 0 aromatic carbocycles. The topological polar surface area (TPSA) is 40.5 Å². The van der Waals surface area contributed by atoms with Gasteiger partial charge in [-0.15, -0.1) is 0 Å². The van der Waals surface area contributed by atoms with E-state index in [1.54, 1.807) is 0 Å². The Labute approximate surface area is 46.8 Å². The van der Waals surface area contributed by atoms with Crippen molar-refractivity contribution in [2.24, 2.45) is 5.41 Å². The molecule has 0 aromatic heterocycles. The van der Waals surface area contributed by atoms with E-state index >= 15 is 0 Å². The Morgan fingerprint density at radius 1 is 1.43 bits per heavy atom. The molecule has 0 saturated carbocycles. The van der Waals surface area contributed by atoms with E-state index in [1.165, 1.54) is 0 Å². The van der Waals surface area contributed by atoms with Crippen molar-refractivity contribution in [3.8, 4) is 0 Å². The SMILES string of the molecule is [2H]OCC(C)(C)CO[2H]. The van der Waals surface area contributed by atoms with Gasteiger partial charge in [-0.2, -0.15) is 0 Å². The van der Waals surface area contributed by atoms with E-state index in [-0.39, 0.29) is 5.41 Å². The average Bonchev–Trinajstić information content (AvgIpc) is 1.64. The number of hydrogen-bond donors (Lipinski definition) is 2. The van der Waals surface area contributed by atoms with Gasteiger partial charge in [-0.1, -0.05) is 13.8 Å². The maximum Gasteiger partial charge on any atom is 0.210 e. The lowest BCUT2D eigenvalue weighted by molar-refractivity contribution is 0.0857. The van der Waals surface area contributed by atoms with Crippen molar-refractivity contribution in [1.82, 2.24) is 0 Å². The van der Waals surface area contributed by atoms with Gasteiger partial charge in [-0.05, 0) is 0 Å². The van der Waals surface area contributed by atoms with Gasteiger partial charge < -0.3 is 10.2 Å². The fourth-order valence-corrected chi connectivity index (χ4v) is 0.0417. The summed E-state index contributed by atoms with van der Waals surface area (Å²) in [5.41, 5.74) is -0.219. The molecule has 0 fully saturated rings. The van der Waals surface area contributed by atoms with E-state index in [9.17, 15) is 0 Å². The first-order valence-corrected chi connectivity index (χ1v) is 2.28. The maximum absolute atomic E-state index is 6.42. The van der Waals surface area contributed by atoms with Crippen LogP contribution in [-0.4, -0.2) is 26.3 Å². The monoisotopic (exact) mass is 106 g/mol. The van der Waals surface area contributed by atoms with Crippen LogP contribution in [0.2, 0.25) is 0 Å². The Kier molecular flexibility index (Phi) is 1.26. The maximum atomic E-state index is 6.42. The molecule has 44 valence electrons. The molecular formula is C5H12O2. The normalized spacial score (nSPS) is 15.7. The molecule has 0 rings (SSSR count). The first-order valence-electron chi connectivity index (χ1n) is 3.10. The highest BCUT2D eigenvalue weighted by molar-refractivity contribution is 4.62. The molecule has 7 heavy (non-hydrogen) atoms. The van der Waals surface area contributed by atoms with Crippen LogP contribution < -0.4 is 0 Å². The molecule has 0 saturated heterocycles. The standard InChI is InChI=1S/C5H12O2/c1-5(2,3-6)4-7/h6-7H,3-4H2,1-2H3/i6D,7D. The summed E-state index contributed by atoms with van der Waals surface area (Å²) in [4.78, 5) is 0. The molecule has 0 aliphatic heterocycles. The zero-order chi connectivity index (χ0) is 7.33. The number of rotatable bonds is 4. The van der Waals surface area contributed by atoms with Crippen molar-refractivity contribution < 1.29 is 10.2 Å². The van der Waals surface area contributed by atoms with E-state index in [1.807, 2.05) is 13.8 Å². The molecule has 0 aromatic rings. The summed E-state index contributed by atoms with van der Waals surface area (Å²) < 4.78 is 12.8. The van der Waals surface area contributed by atoms with Crippen molar-refractivity contribution in [3.05, 3.63) is 0 Å². The summed E-state index contributed by atoms with van der Waals surface area (Å²) in [5, 5.41) is 8.29. The van der Waals surface area contributed by atoms with Gasteiger partial charge in [0.1, 0.15) is 0 Å². The first kappa shape index (κ1) is 3.87. The van der Waals surface area contributed by atoms with E-state index in [4.69, 9.17) is 2.86 Å². The van der Waals surface area contributed by atoms with Gasteiger partial charge >= 0.3 is 0 Å². The molecule has 0 spiro atoms. The van der Waals surface area contributed by atoms with Gasteiger partial charge in [0.15, 0.2) is 0 Å². The highest BCUT2D eigenvalue weighted by Gasteiger charge is 2.13. The molecule has 2 nitrogen and oxygen atoms in total. The van der Waals surface area contributed by atoms with Crippen LogP contribution in [0, 0.1) is 5.41 Å². The second kappa shape index (κ2) is 2.28. The minimum Gasteiger partial charge on any atom is -0.396 e. The highest BCUT2D eigenvalue weighted by atomic mass is 16.3. The Morgan fingerprint density at radius 3 is 2.14 bits per heavy atom. The van der Waals surface area contributed by atoms with E-state index in [0.717, 1.165) is 0 Å². The number of aliphatic hydroxyl groups excluding tert-OH is 2. The molecule has 0 amide bonds. The van der Waals surface area contributed by atoms with Crippen LogP contribution in [0.5, 0.6) is 0 Å². The van der Waals surface area contributed by atoms with Crippen LogP contribution in [-0.2, 0) is 0 Å². The van der Waals surface area contributed by atoms with Gasteiger partial charge in [-0.25, -0.2) is 0 Å². The van der Waals surface area contributed by atoms with Gasteiger partial charge in [-0.3, -0.25) is 0 Å². The second-order valence-electron chi connectivity index (χ2n) is 2.45. The Hall–Kier alpha value is -0.0800. The largest absolute Gasteiger partial charge is 0.396 e. The Balaban J connectivity index is 3.43. The zero-order valence-electron chi connectivity index (χ0n) is 6.73. The fraction of sp³-hybridized carbons (Fsp3) is 1.00. The molecular weight excluding hydrogens is 92.1 g/mol. The zero-order valence-corrected chi connectivity index (χ0v) is 4.73. The minimum atomic E-state index is -0.219. The molecule has 0 unspecified atom stereocenters. The fourth-order valence-electron chi connectivity index (χ4n) is 0.0417. The summed E-state index contributed by atoms with van der Waals surface area (Å²) >= 11 is 0. The van der Waals surface area contributed by atoms with Crippen molar-refractivity contribution in [1.29, 1.82) is 2.86 Å². The number of hydrogen-bond acceptors (Lipinski definition) is 2. The Bertz CT molecular complexity index is 67.4. The van der Waals surface area contributed by atoms with E-state index in [0.29, 0.717) is 13.2 Å². The molecule has 0 bridgehead atoms. The minimum absolute atomic E-state index is 0.219. The molecule has 0 atom stereocenters. The van der Waals surface area contributed by atoms with Crippen molar-refractivity contribution in [2.75, 3.05) is 13.2 Å². The lowest BCUT2D eigenvalue weighted by Gasteiger charge is -2.16. The molecule has 2 N–H and O–H groups in total. The Morgan fingerprint density at radius 2 is 1.86 bits per heavy atom. The third kappa shape index (κ3) is 2.60. The number of aliphatic hydroxyl groups is 2. The van der Waals surface area contributed by atoms with Crippen LogP contribution in [0.25, 0.3) is 0 Å². The highest BCUT2D eigenvalue weighted by Crippen LogP contribution is 2.10. The smallest absolute Gasteiger partial charge is 0.210 e. The van der Waals surface area contributed by atoms with Crippen LogP contribution in [0.4, 0.5) is 0 Å². The summed E-state index contributed by atoms with van der Waals surface area (Å²) in [7, 11) is 0. The van der Waals surface area contributed by atoms with Crippen LogP contribution in [0.3, 0.4) is 0 Å². The summed E-state index contributed by atoms with van der Waals surface area (Å²) in [6.07, 6.45) is 0. The summed E-state index contributed by atoms with van der Waals surface area (Å²) in [5.74, 6) is 0. The van der Waals surface area contributed by atoms with Crippen LogP contribution in [0.1, 0.15) is 13.8 Å². The van der Waals surface area contributed by atoms with E-state index in [2.05, 4.69) is 10.2 Å². The van der Waals surface area contributed by atoms with Crippen molar-refractivity contribution >= 4 is 0 Å². The third-order valence-corrected chi connectivity index (χ3v) is 0.781. The first-order chi connectivity index (χ1) is 4.12. The molecule has 0 heterocycles. The van der Waals surface area contributed by atoms with Crippen LogP contribution in [0.15, 0.2) is 0 Å². The predicted molar refractivity (Wildman–Crippen MR) is 28.0 cm³/mol. The predicted octanol–water partition coefficient (Wildman–Crippen LogP) is -0.00280. The lowest BCUT2D eigenvalue weighted by Crippen LogP contribution is -2.20. The third-order valence-electron chi connectivity index (χ3n) is 0.781. The summed E-state index contributed by atoms with van der Waals surface area (Å²) in [6.45, 7) is 4.34. The quantitative estimate of drug-likeness (QED) is 0.529. The average molecular weight is 106 g/mol. The van der Waals surface area contributed by atoms with Gasteiger partial charge in [0.05, 0.1) is 13.2 Å². The van der Waals surface area contributed by atoms with Crippen LogP contribution >= 0.6 is 0 Å². The molecule has 2 heteroatoms. The van der Waals surface area contributed by atoms with Crippen molar-refractivity contribution in [2.45, 2.75) is 13.8 Å². The molecule has 0 aliphatic carbocycles. The van der Waals surface area contributed by atoms with Gasteiger partial charge in [0.25, 0.3) is 0 Å². The van der Waals surface area contributed by atoms with Gasteiger partial charge in [0, 0.05) is 5.41 Å². The molecule has 0 aliphatic rings. The van der Waals surface area contributed by atoms with Gasteiger partial charge in [0.2, 0.25) is 2.86 Å². The van der Waals surface area contributed by atoms with E-state index < -0.39 is 0 Å².